The molecule has 0 N–H and O–H groups in total. The van der Waals surface area contributed by atoms with Crippen LogP contribution in [0, 0.1) is 5.41 Å². The van der Waals surface area contributed by atoms with Gasteiger partial charge in [0.05, 0.1) is 18.1 Å². The largest absolute Gasteiger partial charge is 0.236 e. The molecule has 0 aromatic carbocycles. The van der Waals surface area contributed by atoms with Crippen molar-refractivity contribution in [2.45, 2.75) is 6.92 Å². The molecular formula is C5H9O3S. The topological polar surface area (TPSA) is 54.0 Å². The Morgan fingerprint density at radius 2 is 1.89 bits per heavy atom. The second-order valence-corrected chi connectivity index (χ2v) is 5.05. The van der Waals surface area contributed by atoms with Gasteiger partial charge in [-0.1, -0.05) is 6.92 Å². The van der Waals surface area contributed by atoms with Crippen LogP contribution in [0.5, 0.6) is 0 Å². The maximum Gasteiger partial charge on any atom is 0.151 e. The molecule has 0 aromatic rings. The molecule has 0 atom stereocenters. The molecule has 1 radical (unpaired) electrons. The first-order chi connectivity index (χ1) is 3.97. The Labute approximate surface area is 54.6 Å². The third-order valence-corrected chi connectivity index (χ3v) is 3.76. The van der Waals surface area contributed by atoms with Crippen molar-refractivity contribution in [1.29, 1.82) is 0 Å². The Bertz CT molecular complexity index is 192. The van der Waals surface area contributed by atoms with Gasteiger partial charge < -0.3 is 0 Å². The van der Waals surface area contributed by atoms with Crippen LogP contribution in [0.1, 0.15) is 6.92 Å². The third kappa shape index (κ3) is 1.24. The molecule has 1 aliphatic heterocycles. The Hall–Kier alpha value is -0.0900. The summed E-state index contributed by atoms with van der Waals surface area (Å²) in [5, 5.41) is 10.3. The normalized spacial score (nSPS) is 29.1. The first-order valence-electron chi connectivity index (χ1n) is 2.76. The van der Waals surface area contributed by atoms with Crippen LogP contribution in [0.4, 0.5) is 0 Å². The standard InChI is InChI=1S/C5H9O3S/c1-5(2-6)3-9(7,8)4-5/h2-4H2,1H3. The molecule has 0 spiro atoms. The minimum atomic E-state index is -2.80. The van der Waals surface area contributed by atoms with Gasteiger partial charge in [0.15, 0.2) is 9.84 Å². The first kappa shape index (κ1) is 7.02. The van der Waals surface area contributed by atoms with Crippen molar-refractivity contribution in [2.24, 2.45) is 5.41 Å². The van der Waals surface area contributed by atoms with E-state index in [2.05, 4.69) is 0 Å². The van der Waals surface area contributed by atoms with E-state index in [-0.39, 0.29) is 18.1 Å². The molecule has 0 aromatic heterocycles. The van der Waals surface area contributed by atoms with Crippen molar-refractivity contribution in [3.8, 4) is 0 Å². The molecule has 1 saturated heterocycles. The molecule has 0 amide bonds. The van der Waals surface area contributed by atoms with Crippen LogP contribution < -0.4 is 0 Å². The van der Waals surface area contributed by atoms with E-state index >= 15 is 0 Å². The molecule has 1 aliphatic rings. The van der Waals surface area contributed by atoms with E-state index in [1.165, 1.54) is 0 Å². The fourth-order valence-electron chi connectivity index (χ4n) is 1.10. The highest BCUT2D eigenvalue weighted by atomic mass is 32.2. The molecule has 0 unspecified atom stereocenters. The zero-order chi connectivity index (χ0) is 7.12. The van der Waals surface area contributed by atoms with Crippen molar-refractivity contribution in [3.63, 3.8) is 0 Å². The predicted molar refractivity (Wildman–Crippen MR) is 32.3 cm³/mol. The summed E-state index contributed by atoms with van der Waals surface area (Å²) in [7, 11) is -2.80. The zero-order valence-corrected chi connectivity index (χ0v) is 6.07. The van der Waals surface area contributed by atoms with Gasteiger partial charge in [-0.2, -0.15) is 0 Å². The monoisotopic (exact) mass is 149 g/mol. The van der Waals surface area contributed by atoms with Gasteiger partial charge in [-0.05, 0) is 0 Å². The SMILES string of the molecule is CC1(C[O])CS(=O)(=O)C1. The highest BCUT2D eigenvalue weighted by Gasteiger charge is 2.44. The van der Waals surface area contributed by atoms with Crippen molar-refractivity contribution in [2.75, 3.05) is 18.1 Å². The van der Waals surface area contributed by atoms with Crippen LogP contribution in [-0.2, 0) is 14.9 Å². The summed E-state index contributed by atoms with van der Waals surface area (Å²) in [4.78, 5) is 0. The van der Waals surface area contributed by atoms with Gasteiger partial charge in [0.2, 0.25) is 0 Å². The van der Waals surface area contributed by atoms with Gasteiger partial charge in [-0.15, -0.1) is 0 Å². The van der Waals surface area contributed by atoms with Crippen LogP contribution in [0.2, 0.25) is 0 Å². The van der Waals surface area contributed by atoms with Gasteiger partial charge >= 0.3 is 0 Å². The number of sulfone groups is 1. The van der Waals surface area contributed by atoms with Gasteiger partial charge in [-0.25, -0.2) is 13.5 Å². The van der Waals surface area contributed by atoms with E-state index < -0.39 is 15.3 Å². The lowest BCUT2D eigenvalue weighted by molar-refractivity contribution is 0.0997. The highest BCUT2D eigenvalue weighted by molar-refractivity contribution is 7.92. The maximum atomic E-state index is 10.5. The molecule has 0 aliphatic carbocycles. The fourth-order valence-corrected chi connectivity index (χ4v) is 3.31. The van der Waals surface area contributed by atoms with Crippen molar-refractivity contribution < 1.29 is 13.5 Å². The summed E-state index contributed by atoms with van der Waals surface area (Å²) >= 11 is 0. The molecule has 1 rings (SSSR count). The maximum absolute atomic E-state index is 10.5. The van der Waals surface area contributed by atoms with Crippen molar-refractivity contribution in [3.05, 3.63) is 0 Å². The van der Waals surface area contributed by atoms with E-state index in [1.807, 2.05) is 0 Å². The predicted octanol–water partition coefficient (Wildman–Crippen LogP) is -0.148. The van der Waals surface area contributed by atoms with Crippen molar-refractivity contribution in [1.82, 2.24) is 0 Å². The Balaban J connectivity index is 2.61. The van der Waals surface area contributed by atoms with Crippen LogP contribution >= 0.6 is 0 Å². The average Bonchev–Trinajstić information content (AvgIpc) is 1.61. The molecule has 53 valence electrons. The van der Waals surface area contributed by atoms with E-state index in [0.717, 1.165) is 0 Å². The molecule has 3 nitrogen and oxygen atoms in total. The average molecular weight is 149 g/mol. The van der Waals surface area contributed by atoms with Gasteiger partial charge in [0.1, 0.15) is 0 Å². The quantitative estimate of drug-likeness (QED) is 0.520. The molecular weight excluding hydrogens is 140 g/mol. The first-order valence-corrected chi connectivity index (χ1v) is 4.58. The molecule has 0 saturated carbocycles. The molecule has 1 heterocycles. The minimum Gasteiger partial charge on any atom is -0.236 e. The fraction of sp³-hybridized carbons (Fsp3) is 1.00. The Morgan fingerprint density at radius 3 is 2.00 bits per heavy atom. The third-order valence-electron chi connectivity index (χ3n) is 1.49. The van der Waals surface area contributed by atoms with Crippen molar-refractivity contribution >= 4 is 9.84 Å². The van der Waals surface area contributed by atoms with E-state index in [0.29, 0.717) is 0 Å². The lowest BCUT2D eigenvalue weighted by Gasteiger charge is -2.34. The van der Waals surface area contributed by atoms with E-state index in [4.69, 9.17) is 0 Å². The van der Waals surface area contributed by atoms with Crippen LogP contribution in [-0.4, -0.2) is 26.5 Å². The highest BCUT2D eigenvalue weighted by Crippen LogP contribution is 2.31. The molecule has 0 bridgehead atoms. The summed E-state index contributed by atoms with van der Waals surface area (Å²) in [6, 6.07) is 0. The summed E-state index contributed by atoms with van der Waals surface area (Å²) in [5.41, 5.74) is -0.446. The van der Waals surface area contributed by atoms with E-state index in [1.54, 1.807) is 6.92 Å². The van der Waals surface area contributed by atoms with Gasteiger partial charge in [0, 0.05) is 5.41 Å². The second-order valence-electron chi connectivity index (χ2n) is 2.99. The summed E-state index contributed by atoms with van der Waals surface area (Å²) < 4.78 is 21.0. The summed E-state index contributed by atoms with van der Waals surface area (Å²) in [6.45, 7) is 1.44. The van der Waals surface area contributed by atoms with Crippen LogP contribution in [0.15, 0.2) is 0 Å². The summed E-state index contributed by atoms with van der Waals surface area (Å²) in [6.07, 6.45) is 0. The second kappa shape index (κ2) is 1.70. The van der Waals surface area contributed by atoms with E-state index in [9.17, 15) is 13.5 Å². The van der Waals surface area contributed by atoms with Gasteiger partial charge in [-0.3, -0.25) is 0 Å². The lowest BCUT2D eigenvalue weighted by Crippen LogP contribution is -2.48. The number of hydrogen-bond donors (Lipinski definition) is 0. The molecule has 4 heteroatoms. The Kier molecular flexibility index (Phi) is 1.33. The summed E-state index contributed by atoms with van der Waals surface area (Å²) in [5.74, 6) is 0.174. The smallest absolute Gasteiger partial charge is 0.151 e. The van der Waals surface area contributed by atoms with Crippen LogP contribution in [0.3, 0.4) is 0 Å². The van der Waals surface area contributed by atoms with Crippen LogP contribution in [0.25, 0.3) is 0 Å². The Morgan fingerprint density at radius 1 is 1.44 bits per heavy atom. The number of rotatable bonds is 1. The zero-order valence-electron chi connectivity index (χ0n) is 5.25. The number of hydrogen-bond acceptors (Lipinski definition) is 2. The molecule has 1 fully saturated rings. The van der Waals surface area contributed by atoms with Gasteiger partial charge in [0.25, 0.3) is 0 Å². The minimum absolute atomic E-state index is 0.0868. The lowest BCUT2D eigenvalue weighted by atomic mass is 9.97. The molecule has 9 heavy (non-hydrogen) atoms.